The number of rotatable bonds is 5. The Morgan fingerprint density at radius 3 is 2.41 bits per heavy atom. The summed E-state index contributed by atoms with van der Waals surface area (Å²) in [5.41, 5.74) is 5.86. The highest BCUT2D eigenvalue weighted by molar-refractivity contribution is 7.91. The van der Waals surface area contributed by atoms with E-state index in [2.05, 4.69) is 9.71 Å². The summed E-state index contributed by atoms with van der Waals surface area (Å²) in [5.74, 6) is 0.0887. The lowest BCUT2D eigenvalue weighted by Crippen LogP contribution is -2.43. The van der Waals surface area contributed by atoms with Gasteiger partial charge in [-0.1, -0.05) is 25.2 Å². The standard InChI is InChI=1S/C9H17N3O3S2/c1-5(2)7(4-10)12-17(14,15)8-6(3)11-9(13)16-8/h5,7,12H,4,10H2,1-3H3,(H,11,13). The third kappa shape index (κ3) is 3.38. The third-order valence-electron chi connectivity index (χ3n) is 2.39. The molecule has 0 bridgehead atoms. The highest BCUT2D eigenvalue weighted by Gasteiger charge is 2.25. The first-order valence-corrected chi connectivity index (χ1v) is 7.50. The smallest absolute Gasteiger partial charge is 0.305 e. The lowest BCUT2D eigenvalue weighted by Gasteiger charge is -2.19. The normalized spacial score (nSPS) is 14.2. The van der Waals surface area contributed by atoms with E-state index in [1.165, 1.54) is 0 Å². The second-order valence-electron chi connectivity index (χ2n) is 4.13. The fraction of sp³-hybridized carbons (Fsp3) is 0.667. The molecule has 0 aliphatic rings. The van der Waals surface area contributed by atoms with Crippen molar-refractivity contribution in [1.82, 2.24) is 9.71 Å². The van der Waals surface area contributed by atoms with Crippen molar-refractivity contribution in [3.05, 3.63) is 15.4 Å². The van der Waals surface area contributed by atoms with Crippen LogP contribution in [0.5, 0.6) is 0 Å². The summed E-state index contributed by atoms with van der Waals surface area (Å²) in [5, 5.41) is 0. The predicted molar refractivity (Wildman–Crippen MR) is 67.7 cm³/mol. The zero-order valence-electron chi connectivity index (χ0n) is 9.98. The van der Waals surface area contributed by atoms with Crippen LogP contribution in [0.25, 0.3) is 0 Å². The third-order valence-corrected chi connectivity index (χ3v) is 5.49. The van der Waals surface area contributed by atoms with E-state index in [0.29, 0.717) is 17.0 Å². The maximum atomic E-state index is 12.0. The largest absolute Gasteiger partial charge is 0.329 e. The van der Waals surface area contributed by atoms with Gasteiger partial charge in [-0.3, -0.25) is 4.79 Å². The maximum absolute atomic E-state index is 12.0. The first-order valence-electron chi connectivity index (χ1n) is 5.20. The van der Waals surface area contributed by atoms with E-state index in [9.17, 15) is 13.2 Å². The molecule has 0 radical (unpaired) electrons. The van der Waals surface area contributed by atoms with Gasteiger partial charge in [0, 0.05) is 18.3 Å². The molecule has 1 atom stereocenters. The number of nitrogens with two attached hydrogens (primary N) is 1. The Morgan fingerprint density at radius 1 is 1.47 bits per heavy atom. The molecule has 0 aliphatic carbocycles. The Kier molecular flexibility index (Phi) is 4.48. The molecule has 0 saturated heterocycles. The Balaban J connectivity index is 3.04. The average molecular weight is 279 g/mol. The zero-order valence-corrected chi connectivity index (χ0v) is 11.6. The van der Waals surface area contributed by atoms with Gasteiger partial charge in [0.25, 0.3) is 10.0 Å². The van der Waals surface area contributed by atoms with E-state index in [1.54, 1.807) is 6.92 Å². The van der Waals surface area contributed by atoms with Gasteiger partial charge in [0.15, 0.2) is 4.21 Å². The quantitative estimate of drug-likeness (QED) is 0.706. The molecule has 1 unspecified atom stereocenters. The summed E-state index contributed by atoms with van der Waals surface area (Å²) in [7, 11) is -3.67. The van der Waals surface area contributed by atoms with E-state index in [-0.39, 0.29) is 27.6 Å². The van der Waals surface area contributed by atoms with Crippen molar-refractivity contribution in [2.45, 2.75) is 31.0 Å². The second kappa shape index (κ2) is 5.30. The Labute approximate surface area is 104 Å². The lowest BCUT2D eigenvalue weighted by molar-refractivity contribution is 0.455. The fourth-order valence-electron chi connectivity index (χ4n) is 1.36. The van der Waals surface area contributed by atoms with Gasteiger partial charge in [0.05, 0.1) is 0 Å². The monoisotopic (exact) mass is 279 g/mol. The van der Waals surface area contributed by atoms with Crippen LogP contribution >= 0.6 is 11.3 Å². The van der Waals surface area contributed by atoms with Crippen LogP contribution in [0.4, 0.5) is 0 Å². The molecule has 0 aliphatic heterocycles. The van der Waals surface area contributed by atoms with Crippen LogP contribution in [0.15, 0.2) is 9.00 Å². The summed E-state index contributed by atoms with van der Waals surface area (Å²) in [4.78, 5) is 13.2. The number of sulfonamides is 1. The second-order valence-corrected chi connectivity index (χ2v) is 7.03. The number of aromatic amines is 1. The molecule has 0 spiro atoms. The predicted octanol–water partition coefficient (Wildman–Crippen LogP) is 0.00642. The minimum absolute atomic E-state index is 0.0293. The zero-order chi connectivity index (χ0) is 13.2. The molecule has 17 heavy (non-hydrogen) atoms. The Hall–Kier alpha value is -0.700. The highest BCUT2D eigenvalue weighted by Crippen LogP contribution is 2.16. The van der Waals surface area contributed by atoms with E-state index >= 15 is 0 Å². The van der Waals surface area contributed by atoms with Crippen molar-refractivity contribution in [2.75, 3.05) is 6.54 Å². The Morgan fingerprint density at radius 2 is 2.06 bits per heavy atom. The molecular formula is C9H17N3O3S2. The molecule has 6 nitrogen and oxygen atoms in total. The molecule has 0 saturated carbocycles. The molecule has 0 amide bonds. The summed E-state index contributed by atoms with van der Waals surface area (Å²) in [6.07, 6.45) is 0. The van der Waals surface area contributed by atoms with Crippen LogP contribution in [-0.2, 0) is 10.0 Å². The number of hydrogen-bond acceptors (Lipinski definition) is 5. The maximum Gasteiger partial charge on any atom is 0.305 e. The van der Waals surface area contributed by atoms with Crippen molar-refractivity contribution < 1.29 is 8.42 Å². The van der Waals surface area contributed by atoms with Crippen molar-refractivity contribution in [3.63, 3.8) is 0 Å². The van der Waals surface area contributed by atoms with Gasteiger partial charge in [0.1, 0.15) is 0 Å². The van der Waals surface area contributed by atoms with Crippen molar-refractivity contribution in [2.24, 2.45) is 11.7 Å². The number of H-pyrrole nitrogens is 1. The van der Waals surface area contributed by atoms with Gasteiger partial charge in [-0.15, -0.1) is 0 Å². The first kappa shape index (κ1) is 14.4. The molecule has 1 aromatic heterocycles. The van der Waals surface area contributed by atoms with Crippen LogP contribution in [0, 0.1) is 12.8 Å². The number of nitrogens with one attached hydrogen (secondary N) is 2. The minimum Gasteiger partial charge on any atom is -0.329 e. The molecule has 8 heteroatoms. The van der Waals surface area contributed by atoms with Crippen LogP contribution in [0.1, 0.15) is 19.5 Å². The van der Waals surface area contributed by atoms with Gasteiger partial charge >= 0.3 is 4.87 Å². The van der Waals surface area contributed by atoms with E-state index < -0.39 is 10.0 Å². The minimum atomic E-state index is -3.67. The van der Waals surface area contributed by atoms with Gasteiger partial charge in [-0.2, -0.15) is 0 Å². The van der Waals surface area contributed by atoms with Crippen LogP contribution < -0.4 is 15.3 Å². The summed E-state index contributed by atoms with van der Waals surface area (Å²) >= 11 is 0.683. The van der Waals surface area contributed by atoms with Crippen LogP contribution in [0.2, 0.25) is 0 Å². The molecule has 0 fully saturated rings. The number of aromatic nitrogens is 1. The Bertz CT molecular complexity index is 530. The molecule has 1 rings (SSSR count). The number of thiazole rings is 1. The lowest BCUT2D eigenvalue weighted by atomic mass is 10.1. The van der Waals surface area contributed by atoms with Crippen molar-refractivity contribution >= 4 is 21.4 Å². The van der Waals surface area contributed by atoms with E-state index in [1.807, 2.05) is 13.8 Å². The summed E-state index contributed by atoms with van der Waals surface area (Å²) in [6.45, 7) is 5.54. The molecule has 1 heterocycles. The van der Waals surface area contributed by atoms with Gasteiger partial charge in [-0.25, -0.2) is 13.1 Å². The van der Waals surface area contributed by atoms with E-state index in [0.717, 1.165) is 0 Å². The molecule has 4 N–H and O–H groups in total. The summed E-state index contributed by atoms with van der Waals surface area (Å²) in [6, 6.07) is -0.336. The molecule has 98 valence electrons. The molecule has 1 aromatic rings. The van der Waals surface area contributed by atoms with Gasteiger partial charge in [-0.05, 0) is 12.8 Å². The van der Waals surface area contributed by atoms with E-state index in [4.69, 9.17) is 5.73 Å². The van der Waals surface area contributed by atoms with Crippen LogP contribution in [0.3, 0.4) is 0 Å². The molecular weight excluding hydrogens is 262 g/mol. The number of hydrogen-bond donors (Lipinski definition) is 3. The topological polar surface area (TPSA) is 105 Å². The molecule has 0 aromatic carbocycles. The highest BCUT2D eigenvalue weighted by atomic mass is 32.2. The van der Waals surface area contributed by atoms with Gasteiger partial charge < -0.3 is 10.7 Å². The van der Waals surface area contributed by atoms with Gasteiger partial charge in [0.2, 0.25) is 0 Å². The average Bonchev–Trinajstić information content (AvgIpc) is 2.54. The SMILES string of the molecule is Cc1[nH]c(=O)sc1S(=O)(=O)NC(CN)C(C)C. The summed E-state index contributed by atoms with van der Waals surface area (Å²) < 4.78 is 26.6. The first-order chi connectivity index (χ1) is 7.77. The fourth-order valence-corrected chi connectivity index (χ4v) is 4.07. The van der Waals surface area contributed by atoms with Crippen LogP contribution in [-0.4, -0.2) is 26.0 Å². The number of aryl methyl sites for hydroxylation is 1. The van der Waals surface area contributed by atoms with Crippen molar-refractivity contribution in [3.8, 4) is 0 Å². The van der Waals surface area contributed by atoms with Crippen molar-refractivity contribution in [1.29, 1.82) is 0 Å².